The van der Waals surface area contributed by atoms with E-state index in [0.29, 0.717) is 17.3 Å². The van der Waals surface area contributed by atoms with E-state index in [0.717, 1.165) is 16.7 Å². The number of aromatic nitrogens is 4. The monoisotopic (exact) mass is 391 g/mol. The Labute approximate surface area is 169 Å². The lowest BCUT2D eigenvalue weighted by molar-refractivity contribution is 0.345. The first-order valence-electron chi connectivity index (χ1n) is 9.21. The van der Waals surface area contributed by atoms with Crippen molar-refractivity contribution in [3.8, 4) is 11.1 Å². The minimum absolute atomic E-state index is 0.211. The van der Waals surface area contributed by atoms with Crippen molar-refractivity contribution in [1.29, 1.82) is 0 Å². The van der Waals surface area contributed by atoms with E-state index in [1.54, 1.807) is 24.7 Å². The van der Waals surface area contributed by atoms with Crippen molar-refractivity contribution >= 4 is 11.5 Å². The predicted octanol–water partition coefficient (Wildman–Crippen LogP) is 3.06. The molecule has 0 aliphatic carbocycles. The fraction of sp³-hybridized carbons (Fsp3) is 0.238. The molecule has 0 amide bonds. The lowest BCUT2D eigenvalue weighted by atomic mass is 9.72. The van der Waals surface area contributed by atoms with Crippen LogP contribution < -0.4 is 17.0 Å². The topological polar surface area (TPSA) is 129 Å². The summed E-state index contributed by atoms with van der Waals surface area (Å²) in [5, 5.41) is 4.25. The molecule has 0 bridgehead atoms. The summed E-state index contributed by atoms with van der Waals surface area (Å²) >= 11 is 0. The highest BCUT2D eigenvalue weighted by molar-refractivity contribution is 5.67. The molecule has 0 aliphatic rings. The number of benzene rings is 1. The normalized spacial score (nSPS) is 13.9. The van der Waals surface area contributed by atoms with Gasteiger partial charge in [-0.05, 0) is 24.0 Å². The molecule has 2 heterocycles. The number of hydrogen-bond acceptors (Lipinski definition) is 8. The van der Waals surface area contributed by atoms with Crippen molar-refractivity contribution < 1.29 is 4.52 Å². The molecule has 5 N–H and O–H groups in total. The zero-order chi connectivity index (χ0) is 21.0. The van der Waals surface area contributed by atoms with Crippen LogP contribution in [0.4, 0.5) is 5.95 Å². The predicted molar refractivity (Wildman–Crippen MR) is 113 cm³/mol. The molecular formula is C21H25N7O. The van der Waals surface area contributed by atoms with Gasteiger partial charge in [-0.3, -0.25) is 5.84 Å². The number of allylic oxidation sites excluding steroid dienone is 2. The van der Waals surface area contributed by atoms with Crippen LogP contribution in [0.5, 0.6) is 0 Å². The highest BCUT2D eigenvalue weighted by Gasteiger charge is 2.37. The lowest BCUT2D eigenvalue weighted by Crippen LogP contribution is -2.31. The third kappa shape index (κ3) is 3.88. The van der Waals surface area contributed by atoms with Crippen LogP contribution in [-0.4, -0.2) is 20.1 Å². The molecule has 0 fully saturated rings. The van der Waals surface area contributed by atoms with E-state index < -0.39 is 5.41 Å². The summed E-state index contributed by atoms with van der Waals surface area (Å²) in [6.45, 7) is 10.1. The quantitative estimate of drug-likeness (QED) is 0.318. The second-order valence-electron chi connectivity index (χ2n) is 7.16. The maximum absolute atomic E-state index is 5.57. The van der Waals surface area contributed by atoms with Crippen LogP contribution in [0.25, 0.3) is 16.7 Å². The van der Waals surface area contributed by atoms with Crippen LogP contribution in [0.3, 0.4) is 0 Å². The van der Waals surface area contributed by atoms with Crippen molar-refractivity contribution in [2.45, 2.75) is 26.2 Å². The molecule has 0 unspecified atom stereocenters. The van der Waals surface area contributed by atoms with Crippen LogP contribution in [0.1, 0.15) is 38.0 Å². The van der Waals surface area contributed by atoms with Gasteiger partial charge < -0.3 is 15.7 Å². The minimum Gasteiger partial charge on any atom is -0.368 e. The zero-order valence-electron chi connectivity index (χ0n) is 16.8. The highest BCUT2D eigenvalue weighted by atomic mass is 16.5. The van der Waals surface area contributed by atoms with Crippen LogP contribution in [0, 0.1) is 5.92 Å². The largest absolute Gasteiger partial charge is 0.368 e. The molecule has 3 aromatic rings. The van der Waals surface area contributed by atoms with E-state index in [2.05, 4.69) is 65.0 Å². The summed E-state index contributed by atoms with van der Waals surface area (Å²) in [7, 11) is 0. The summed E-state index contributed by atoms with van der Waals surface area (Å²) in [5.74, 6) is 6.78. The van der Waals surface area contributed by atoms with Gasteiger partial charge in [-0.2, -0.15) is 4.98 Å². The molecule has 0 radical (unpaired) electrons. The Bertz CT molecular complexity index is 1010. The van der Waals surface area contributed by atoms with Crippen molar-refractivity contribution in [3.05, 3.63) is 72.8 Å². The molecule has 8 heteroatoms. The maximum atomic E-state index is 5.57. The van der Waals surface area contributed by atoms with Gasteiger partial charge in [0, 0.05) is 24.2 Å². The number of rotatable bonds is 7. The van der Waals surface area contributed by atoms with E-state index in [-0.39, 0.29) is 11.9 Å². The molecule has 2 aromatic heterocycles. The third-order valence-corrected chi connectivity index (χ3v) is 5.24. The number of nitrogens with zero attached hydrogens (tertiary/aromatic N) is 4. The van der Waals surface area contributed by atoms with Gasteiger partial charge in [0.2, 0.25) is 5.95 Å². The number of nitrogens with two attached hydrogens (primary N) is 2. The van der Waals surface area contributed by atoms with E-state index in [1.807, 2.05) is 12.1 Å². The summed E-state index contributed by atoms with van der Waals surface area (Å²) < 4.78 is 5.47. The van der Waals surface area contributed by atoms with Gasteiger partial charge in [-0.15, -0.1) is 0 Å². The lowest BCUT2D eigenvalue weighted by Gasteiger charge is -2.31. The number of anilines is 1. The van der Waals surface area contributed by atoms with Gasteiger partial charge in [0.25, 0.3) is 5.89 Å². The molecule has 29 heavy (non-hydrogen) atoms. The van der Waals surface area contributed by atoms with Crippen LogP contribution in [0.2, 0.25) is 0 Å². The van der Waals surface area contributed by atoms with Gasteiger partial charge in [0.05, 0.1) is 11.0 Å². The van der Waals surface area contributed by atoms with Gasteiger partial charge in [-0.25, -0.2) is 9.97 Å². The second-order valence-corrected chi connectivity index (χ2v) is 7.16. The fourth-order valence-corrected chi connectivity index (χ4v) is 3.07. The number of nitrogens with one attached hydrogen (secondary N) is 1. The smallest absolute Gasteiger partial charge is 0.259 e. The zero-order valence-corrected chi connectivity index (χ0v) is 16.8. The maximum Gasteiger partial charge on any atom is 0.259 e. The van der Waals surface area contributed by atoms with Crippen molar-refractivity contribution in [2.24, 2.45) is 11.8 Å². The number of nitrogen functional groups attached to an aromatic ring is 1. The highest BCUT2D eigenvalue weighted by Crippen LogP contribution is 2.38. The summed E-state index contributed by atoms with van der Waals surface area (Å²) in [4.78, 5) is 12.7. The average Bonchev–Trinajstić information content (AvgIpc) is 3.22. The van der Waals surface area contributed by atoms with E-state index in [4.69, 9.17) is 16.1 Å². The molecule has 0 aliphatic heterocycles. The fourth-order valence-electron chi connectivity index (χ4n) is 3.07. The van der Waals surface area contributed by atoms with Crippen LogP contribution in [0.15, 0.2) is 60.0 Å². The van der Waals surface area contributed by atoms with Crippen molar-refractivity contribution in [2.75, 3.05) is 5.73 Å². The molecule has 150 valence electrons. The first-order chi connectivity index (χ1) is 13.9. The molecule has 1 atom stereocenters. The van der Waals surface area contributed by atoms with Crippen LogP contribution >= 0.6 is 0 Å². The van der Waals surface area contributed by atoms with Gasteiger partial charge in [-0.1, -0.05) is 55.9 Å². The standard InChI is InChI=1S/C21H25N7O/c1-5-14(12-26-23)18-27-19(28-29-18)21(4,13(2)3)17-8-6-15(7-9-17)16-10-24-20(22)25-11-16/h5-13,26H,1,23H2,2-4H3,(H2,22,24,25)/b14-12+/t21-/m1/s1. The minimum atomic E-state index is -0.458. The van der Waals surface area contributed by atoms with Gasteiger partial charge in [0.15, 0.2) is 5.82 Å². The first kappa shape index (κ1) is 20.2. The Morgan fingerprint density at radius 2 is 1.83 bits per heavy atom. The molecule has 3 rings (SSSR count). The first-order valence-corrected chi connectivity index (χ1v) is 9.21. The van der Waals surface area contributed by atoms with E-state index in [1.165, 1.54) is 0 Å². The molecular weight excluding hydrogens is 366 g/mol. The number of hydrazine groups is 1. The van der Waals surface area contributed by atoms with Crippen LogP contribution in [-0.2, 0) is 5.41 Å². The second kappa shape index (κ2) is 8.24. The average molecular weight is 391 g/mol. The summed E-state index contributed by atoms with van der Waals surface area (Å²) in [5.41, 5.74) is 11.2. The molecule has 0 saturated carbocycles. The van der Waals surface area contributed by atoms with Crippen molar-refractivity contribution in [1.82, 2.24) is 25.5 Å². The van der Waals surface area contributed by atoms with E-state index in [9.17, 15) is 0 Å². The summed E-state index contributed by atoms with van der Waals surface area (Å²) in [6, 6.07) is 8.18. The Morgan fingerprint density at radius 3 is 2.38 bits per heavy atom. The Balaban J connectivity index is 1.99. The van der Waals surface area contributed by atoms with Gasteiger partial charge in [0.1, 0.15) is 0 Å². The number of hydrogen-bond donors (Lipinski definition) is 3. The molecule has 8 nitrogen and oxygen atoms in total. The van der Waals surface area contributed by atoms with Gasteiger partial charge >= 0.3 is 0 Å². The van der Waals surface area contributed by atoms with E-state index >= 15 is 0 Å². The Morgan fingerprint density at radius 1 is 1.17 bits per heavy atom. The summed E-state index contributed by atoms with van der Waals surface area (Å²) in [6.07, 6.45) is 6.58. The SMILES string of the molecule is C=C/C(=C\NN)c1nc([C@@](C)(c2ccc(-c3cnc(N)nc3)cc2)C(C)C)no1. The third-order valence-electron chi connectivity index (χ3n) is 5.24. The van der Waals surface area contributed by atoms with Crippen molar-refractivity contribution in [3.63, 3.8) is 0 Å². The molecule has 0 saturated heterocycles. The Hall–Kier alpha value is -3.52. The molecule has 0 spiro atoms. The Kier molecular flexibility index (Phi) is 5.74. The molecule has 1 aromatic carbocycles.